The first kappa shape index (κ1) is 15.5. The number of allylic oxidation sites excluding steroid dienone is 1. The largest absolute Gasteiger partial charge is 0.419 e. The number of hydrogen-bond donors (Lipinski definition) is 0. The minimum atomic E-state index is -0.702. The number of hydrogen-bond acceptors (Lipinski definition) is 7. The highest BCUT2D eigenvalue weighted by atomic mass is 16.7. The lowest BCUT2D eigenvalue weighted by atomic mass is 9.97. The van der Waals surface area contributed by atoms with Crippen molar-refractivity contribution in [3.05, 3.63) is 29.4 Å². The van der Waals surface area contributed by atoms with Crippen LogP contribution in [0.4, 0.5) is 0 Å². The molecule has 0 aliphatic rings. The molecule has 0 aromatic carbocycles. The molecule has 3 atom stereocenters. The van der Waals surface area contributed by atoms with Crippen LogP contribution in [-0.2, 0) is 14.3 Å². The van der Waals surface area contributed by atoms with Gasteiger partial charge in [0.25, 0.3) is 12.5 Å². The van der Waals surface area contributed by atoms with Crippen LogP contribution >= 0.6 is 0 Å². The fourth-order valence-corrected chi connectivity index (χ4v) is 1.26. The van der Waals surface area contributed by atoms with Crippen molar-refractivity contribution in [3.63, 3.8) is 0 Å². The third kappa shape index (κ3) is 5.52. The lowest BCUT2D eigenvalue weighted by Gasteiger charge is -2.22. The minimum Gasteiger partial charge on any atom is -0.419 e. The van der Waals surface area contributed by atoms with E-state index in [4.69, 9.17) is 15.3 Å². The predicted molar refractivity (Wildman–Crippen MR) is 61.0 cm³/mol. The third-order valence-corrected chi connectivity index (χ3v) is 2.16. The Hall–Kier alpha value is -2.54. The number of rotatable bonds is 8. The molecule has 0 fully saturated rings. The van der Waals surface area contributed by atoms with Gasteiger partial charge >= 0.3 is 0 Å². The highest BCUT2D eigenvalue weighted by Crippen LogP contribution is 2.18. The molecule has 0 saturated carbocycles. The second-order valence-electron chi connectivity index (χ2n) is 3.24. The van der Waals surface area contributed by atoms with Crippen LogP contribution in [-0.4, -0.2) is 12.2 Å². The van der Waals surface area contributed by atoms with Crippen molar-refractivity contribution in [1.29, 1.82) is 10.5 Å². The minimum absolute atomic E-state index is 0.378. The molecule has 0 spiro atoms. The van der Waals surface area contributed by atoms with Crippen molar-refractivity contribution < 1.29 is 14.3 Å². The molecule has 0 amide bonds. The maximum Gasteiger partial charge on any atom is 0.291 e. The van der Waals surface area contributed by atoms with Gasteiger partial charge in [0, 0.05) is 5.92 Å². The van der Waals surface area contributed by atoms with Gasteiger partial charge in [-0.05, 0) is 19.1 Å². The van der Waals surface area contributed by atoms with Crippen molar-refractivity contribution >= 4 is 0 Å². The summed E-state index contributed by atoms with van der Waals surface area (Å²) in [5, 5.41) is 19.1. The predicted octanol–water partition coefficient (Wildman–Crippen LogP) is 2.14. The van der Waals surface area contributed by atoms with E-state index in [1.807, 2.05) is 0 Å². The molecule has 18 heavy (non-hydrogen) atoms. The Morgan fingerprint density at radius 2 is 1.94 bits per heavy atom. The van der Waals surface area contributed by atoms with E-state index in [9.17, 15) is 4.91 Å². The molecule has 0 heterocycles. The lowest BCUT2D eigenvalue weighted by molar-refractivity contribution is 0.00936. The summed E-state index contributed by atoms with van der Waals surface area (Å²) in [5.41, 5.74) is 0. The van der Waals surface area contributed by atoms with Crippen LogP contribution in [0.5, 0.6) is 0 Å². The van der Waals surface area contributed by atoms with Crippen molar-refractivity contribution in [1.82, 2.24) is 0 Å². The smallest absolute Gasteiger partial charge is 0.291 e. The Kier molecular flexibility index (Phi) is 8.30. The van der Waals surface area contributed by atoms with Crippen LogP contribution in [0.1, 0.15) is 13.8 Å². The van der Waals surface area contributed by atoms with Crippen LogP contribution in [0.25, 0.3) is 0 Å². The van der Waals surface area contributed by atoms with E-state index in [2.05, 4.69) is 14.9 Å². The van der Waals surface area contributed by atoms with Crippen molar-refractivity contribution in [2.45, 2.75) is 26.1 Å². The second kappa shape index (κ2) is 9.67. The van der Waals surface area contributed by atoms with Gasteiger partial charge in [-0.25, -0.2) is 0 Å². The Labute approximate surface area is 105 Å². The van der Waals surface area contributed by atoms with E-state index in [1.165, 1.54) is 18.6 Å². The maximum atomic E-state index is 10.1. The standard InChI is InChI=1S/C11H13N3O4/c1-3-4-11(18-14-15)9(2)10(17-8-13)5-6-16-7-12/h3-6,9-11H,1-2H3/b4-3-,6-5+. The zero-order valence-corrected chi connectivity index (χ0v) is 10.0. The first-order chi connectivity index (χ1) is 8.71. The zero-order chi connectivity index (χ0) is 13.8. The quantitative estimate of drug-likeness (QED) is 0.215. The zero-order valence-electron chi connectivity index (χ0n) is 10.0. The third-order valence-electron chi connectivity index (χ3n) is 2.16. The molecule has 0 saturated heterocycles. The van der Waals surface area contributed by atoms with Crippen LogP contribution in [0.3, 0.4) is 0 Å². The average Bonchev–Trinajstić information content (AvgIpc) is 2.37. The summed E-state index contributed by atoms with van der Waals surface area (Å²) in [4.78, 5) is 14.8. The van der Waals surface area contributed by atoms with Gasteiger partial charge in [0.05, 0.1) is 0 Å². The van der Waals surface area contributed by atoms with Crippen LogP contribution < -0.4 is 0 Å². The summed E-state index contributed by atoms with van der Waals surface area (Å²) in [6.45, 7) is 3.46. The molecular weight excluding hydrogens is 238 g/mol. The van der Waals surface area contributed by atoms with Crippen LogP contribution in [0.2, 0.25) is 0 Å². The second-order valence-corrected chi connectivity index (χ2v) is 3.24. The molecule has 3 unspecified atom stereocenters. The molecule has 0 aromatic rings. The van der Waals surface area contributed by atoms with Crippen molar-refractivity contribution in [3.8, 4) is 12.5 Å². The molecule has 0 aliphatic heterocycles. The van der Waals surface area contributed by atoms with Gasteiger partial charge in [-0.3, -0.25) is 0 Å². The van der Waals surface area contributed by atoms with E-state index >= 15 is 0 Å². The maximum absolute atomic E-state index is 10.1. The first-order valence-corrected chi connectivity index (χ1v) is 5.08. The number of ether oxygens (including phenoxy) is 2. The summed E-state index contributed by atoms with van der Waals surface area (Å²) >= 11 is 0. The summed E-state index contributed by atoms with van der Waals surface area (Å²) in [6, 6.07) is 0. The normalized spacial score (nSPS) is 15.3. The van der Waals surface area contributed by atoms with Crippen molar-refractivity contribution in [2.75, 3.05) is 0 Å². The molecule has 0 aliphatic carbocycles. The Morgan fingerprint density at radius 1 is 1.22 bits per heavy atom. The molecule has 7 heteroatoms. The Balaban J connectivity index is 4.80. The van der Waals surface area contributed by atoms with Crippen LogP contribution in [0.15, 0.2) is 29.8 Å². The molecule has 0 rings (SSSR count). The summed E-state index contributed by atoms with van der Waals surface area (Å²) in [5.74, 6) is -0.378. The van der Waals surface area contributed by atoms with Gasteiger partial charge < -0.3 is 14.3 Å². The molecule has 0 aromatic heterocycles. The molecule has 7 nitrogen and oxygen atoms in total. The average molecular weight is 251 g/mol. The number of nitrogens with zero attached hydrogens (tertiary/aromatic N) is 3. The molecular formula is C11H13N3O4. The van der Waals surface area contributed by atoms with Gasteiger partial charge in [-0.15, -0.1) is 10.2 Å². The molecule has 96 valence electrons. The van der Waals surface area contributed by atoms with Gasteiger partial charge in [0.1, 0.15) is 12.4 Å². The van der Waals surface area contributed by atoms with E-state index in [1.54, 1.807) is 26.0 Å². The Morgan fingerprint density at radius 3 is 2.44 bits per heavy atom. The van der Waals surface area contributed by atoms with Gasteiger partial charge in [0.2, 0.25) is 0 Å². The van der Waals surface area contributed by atoms with Gasteiger partial charge in [-0.1, -0.05) is 13.0 Å². The fraction of sp³-hybridized carbons (Fsp3) is 0.455. The molecule has 0 bridgehead atoms. The van der Waals surface area contributed by atoms with Crippen molar-refractivity contribution in [2.24, 2.45) is 11.3 Å². The van der Waals surface area contributed by atoms with Crippen LogP contribution in [0, 0.1) is 33.9 Å². The summed E-state index contributed by atoms with van der Waals surface area (Å²) in [6.07, 6.45) is 7.41. The highest BCUT2D eigenvalue weighted by Gasteiger charge is 2.26. The summed E-state index contributed by atoms with van der Waals surface area (Å²) < 4.78 is 9.15. The van der Waals surface area contributed by atoms with Gasteiger partial charge in [0.15, 0.2) is 11.4 Å². The molecule has 0 N–H and O–H groups in total. The van der Waals surface area contributed by atoms with E-state index in [-0.39, 0.29) is 5.92 Å². The highest BCUT2D eigenvalue weighted by molar-refractivity contribution is 4.99. The van der Waals surface area contributed by atoms with Gasteiger partial charge in [-0.2, -0.15) is 5.26 Å². The van der Waals surface area contributed by atoms with E-state index < -0.39 is 12.2 Å². The van der Waals surface area contributed by atoms with E-state index in [0.29, 0.717) is 0 Å². The van der Waals surface area contributed by atoms with E-state index in [0.717, 1.165) is 6.26 Å². The SMILES string of the molecule is C/C=C\C(ON=O)C(C)C(/C=C/OC#N)OC#N. The Bertz CT molecular complexity index is 381. The fourth-order valence-electron chi connectivity index (χ4n) is 1.26. The number of nitriles is 2. The summed E-state index contributed by atoms with van der Waals surface area (Å²) in [7, 11) is 0. The lowest BCUT2D eigenvalue weighted by Crippen LogP contribution is -2.29. The first-order valence-electron chi connectivity index (χ1n) is 5.08. The monoisotopic (exact) mass is 251 g/mol. The topological polar surface area (TPSA) is 105 Å². The molecule has 0 radical (unpaired) electrons.